The summed E-state index contributed by atoms with van der Waals surface area (Å²) >= 11 is 10.5. The third-order valence-electron chi connectivity index (χ3n) is 1.17. The Morgan fingerprint density at radius 3 is 2.55 bits per heavy atom. The molecule has 0 atom stereocenters. The number of esters is 1. The van der Waals surface area contributed by atoms with Crippen LogP contribution in [-0.2, 0) is 9.53 Å². The minimum absolute atomic E-state index is 0.419. The van der Waals surface area contributed by atoms with Crippen molar-refractivity contribution in [1.29, 1.82) is 0 Å². The van der Waals surface area contributed by atoms with Gasteiger partial charge in [-0.25, -0.2) is 4.79 Å². The quantitative estimate of drug-likeness (QED) is 0.386. The zero-order chi connectivity index (χ0) is 8.69. The van der Waals surface area contributed by atoms with Crippen molar-refractivity contribution >= 4 is 29.2 Å². The monoisotopic (exact) mass is 198 g/mol. The van der Waals surface area contributed by atoms with Crippen molar-refractivity contribution in [3.63, 3.8) is 0 Å². The Morgan fingerprint density at radius 1 is 1.45 bits per heavy atom. The molecular weight excluding hydrogens is 187 g/mol. The van der Waals surface area contributed by atoms with Crippen LogP contribution in [0.25, 0.3) is 0 Å². The molecule has 4 heteroatoms. The number of carbonyl (C=O) groups excluding carboxylic acids is 1. The first-order chi connectivity index (χ1) is 5.18. The maximum Gasteiger partial charge on any atom is 0.339 e. The summed E-state index contributed by atoms with van der Waals surface area (Å²) in [5.74, 6) is -0.551. The first kappa shape index (κ1) is 11.1. The van der Waals surface area contributed by atoms with Crippen LogP contribution in [0.4, 0.5) is 0 Å². The topological polar surface area (TPSA) is 26.3 Å². The van der Waals surface area contributed by atoms with Crippen molar-refractivity contribution in [2.24, 2.45) is 0 Å². The number of hydrogen-bond acceptors (Lipinski definition) is 2. The van der Waals surface area contributed by atoms with Gasteiger partial charge in [-0.2, -0.15) is 0 Å². The molecule has 11 heavy (non-hydrogen) atoms. The van der Waals surface area contributed by atoms with Crippen LogP contribution in [0.15, 0.2) is 0 Å². The number of alkyl halides is 2. The lowest BCUT2D eigenvalue weighted by Gasteiger charge is -2.03. The molecule has 0 N–H and O–H groups in total. The van der Waals surface area contributed by atoms with Gasteiger partial charge in [0.15, 0.2) is 0 Å². The average molecular weight is 199 g/mol. The van der Waals surface area contributed by atoms with Crippen molar-refractivity contribution in [3.05, 3.63) is 0 Å². The lowest BCUT2D eigenvalue weighted by molar-refractivity contribution is -0.141. The molecule has 0 aromatic carbocycles. The van der Waals surface area contributed by atoms with Crippen LogP contribution in [0, 0.1) is 0 Å². The van der Waals surface area contributed by atoms with Crippen LogP contribution in [0.1, 0.15) is 26.2 Å². The summed E-state index contributed by atoms with van der Waals surface area (Å²) in [5, 5.41) is 0. The van der Waals surface area contributed by atoms with Gasteiger partial charge in [-0.15, -0.1) is 0 Å². The van der Waals surface area contributed by atoms with Crippen molar-refractivity contribution in [1.82, 2.24) is 0 Å². The molecule has 0 radical (unpaired) electrons. The Bertz CT molecular complexity index is 115. The Hall–Kier alpha value is 0.0500. The number of ether oxygens (including phenoxy) is 1. The molecule has 0 aromatic heterocycles. The summed E-state index contributed by atoms with van der Waals surface area (Å²) in [6, 6.07) is 0. The van der Waals surface area contributed by atoms with Gasteiger partial charge < -0.3 is 4.74 Å². The minimum atomic E-state index is -1.04. The van der Waals surface area contributed by atoms with E-state index in [0.29, 0.717) is 6.61 Å². The predicted molar refractivity (Wildman–Crippen MR) is 46.0 cm³/mol. The summed E-state index contributed by atoms with van der Waals surface area (Å²) in [7, 11) is 0. The molecule has 0 aliphatic carbocycles. The normalized spacial score (nSPS) is 10.2. The van der Waals surface area contributed by atoms with Crippen LogP contribution >= 0.6 is 23.2 Å². The third kappa shape index (κ3) is 6.45. The number of rotatable bonds is 5. The molecule has 0 heterocycles. The van der Waals surface area contributed by atoms with Gasteiger partial charge in [0, 0.05) is 0 Å². The highest BCUT2D eigenvalue weighted by Crippen LogP contribution is 2.04. The molecule has 66 valence electrons. The van der Waals surface area contributed by atoms with E-state index in [0.717, 1.165) is 19.3 Å². The summed E-state index contributed by atoms with van der Waals surface area (Å²) in [6.45, 7) is 2.50. The molecule has 0 aliphatic heterocycles. The molecule has 0 aliphatic rings. The Kier molecular flexibility index (Phi) is 6.77. The van der Waals surface area contributed by atoms with E-state index < -0.39 is 10.8 Å². The Balaban J connectivity index is 3.18. The Morgan fingerprint density at radius 2 is 2.09 bits per heavy atom. The third-order valence-corrected chi connectivity index (χ3v) is 1.53. The van der Waals surface area contributed by atoms with Gasteiger partial charge in [0.1, 0.15) is 0 Å². The lowest BCUT2D eigenvalue weighted by atomic mass is 10.3. The van der Waals surface area contributed by atoms with E-state index in [1.807, 2.05) is 0 Å². The molecule has 0 bridgehead atoms. The van der Waals surface area contributed by atoms with Gasteiger partial charge in [-0.1, -0.05) is 43.0 Å². The summed E-state index contributed by atoms with van der Waals surface area (Å²) in [6.07, 6.45) is 3.04. The summed E-state index contributed by atoms with van der Waals surface area (Å²) in [4.78, 5) is 9.58. The van der Waals surface area contributed by atoms with Crippen molar-refractivity contribution in [3.8, 4) is 0 Å². The maximum atomic E-state index is 10.6. The van der Waals surface area contributed by atoms with Crippen molar-refractivity contribution in [2.45, 2.75) is 31.0 Å². The van der Waals surface area contributed by atoms with E-state index in [1.54, 1.807) is 0 Å². The fourth-order valence-electron chi connectivity index (χ4n) is 0.588. The van der Waals surface area contributed by atoms with Crippen LogP contribution in [0.5, 0.6) is 0 Å². The van der Waals surface area contributed by atoms with E-state index in [-0.39, 0.29) is 0 Å². The van der Waals surface area contributed by atoms with E-state index >= 15 is 0 Å². The van der Waals surface area contributed by atoms with Gasteiger partial charge in [-0.05, 0) is 6.42 Å². The first-order valence-electron chi connectivity index (χ1n) is 3.63. The smallest absolute Gasteiger partial charge is 0.339 e. The van der Waals surface area contributed by atoms with E-state index in [1.165, 1.54) is 0 Å². The second kappa shape index (κ2) is 6.74. The first-order valence-corrected chi connectivity index (χ1v) is 4.50. The van der Waals surface area contributed by atoms with Gasteiger partial charge in [0.05, 0.1) is 6.61 Å². The van der Waals surface area contributed by atoms with Crippen LogP contribution in [0.2, 0.25) is 0 Å². The molecule has 0 unspecified atom stereocenters. The Labute approximate surface area is 76.8 Å². The average Bonchev–Trinajstić information content (AvgIpc) is 1.97. The molecule has 2 nitrogen and oxygen atoms in total. The molecule has 0 amide bonds. The highest BCUT2D eigenvalue weighted by molar-refractivity contribution is 6.52. The zero-order valence-corrected chi connectivity index (χ0v) is 7.99. The van der Waals surface area contributed by atoms with Crippen molar-refractivity contribution < 1.29 is 9.53 Å². The number of carbonyl (C=O) groups is 1. The van der Waals surface area contributed by atoms with Gasteiger partial charge in [0.25, 0.3) is 0 Å². The molecular formula is C7H12Cl2O2. The zero-order valence-electron chi connectivity index (χ0n) is 6.48. The van der Waals surface area contributed by atoms with Crippen LogP contribution in [0.3, 0.4) is 0 Å². The fraction of sp³-hybridized carbons (Fsp3) is 0.857. The maximum absolute atomic E-state index is 10.6. The van der Waals surface area contributed by atoms with Crippen LogP contribution < -0.4 is 0 Å². The molecule has 0 saturated carbocycles. The van der Waals surface area contributed by atoms with Crippen LogP contribution in [-0.4, -0.2) is 17.4 Å². The van der Waals surface area contributed by atoms with Gasteiger partial charge in [-0.3, -0.25) is 0 Å². The lowest BCUT2D eigenvalue weighted by Crippen LogP contribution is -2.12. The number of hydrogen-bond donors (Lipinski definition) is 0. The molecule has 0 fully saturated rings. The number of unbranched alkanes of at least 4 members (excludes halogenated alkanes) is 2. The minimum Gasteiger partial charge on any atom is -0.464 e. The largest absolute Gasteiger partial charge is 0.464 e. The molecule has 0 rings (SSSR count). The van der Waals surface area contributed by atoms with Gasteiger partial charge >= 0.3 is 5.97 Å². The second-order valence-electron chi connectivity index (χ2n) is 2.18. The van der Waals surface area contributed by atoms with E-state index in [4.69, 9.17) is 27.9 Å². The van der Waals surface area contributed by atoms with Gasteiger partial charge in [0.2, 0.25) is 4.84 Å². The predicted octanol–water partition coefficient (Wildman–Crippen LogP) is 2.52. The molecule has 0 spiro atoms. The summed E-state index contributed by atoms with van der Waals surface area (Å²) in [5.41, 5.74) is 0. The SMILES string of the molecule is CCCCCOC(=O)C(Cl)Cl. The standard InChI is InChI=1S/C7H12Cl2O2/c1-2-3-4-5-11-7(10)6(8)9/h6H,2-5H2,1H3. The fourth-order valence-corrected chi connectivity index (χ4v) is 0.714. The highest BCUT2D eigenvalue weighted by atomic mass is 35.5. The van der Waals surface area contributed by atoms with E-state index in [9.17, 15) is 4.79 Å². The number of halogens is 2. The highest BCUT2D eigenvalue weighted by Gasteiger charge is 2.11. The van der Waals surface area contributed by atoms with Crippen molar-refractivity contribution in [2.75, 3.05) is 6.61 Å². The molecule has 0 aromatic rings. The molecule has 0 saturated heterocycles. The summed E-state index contributed by atoms with van der Waals surface area (Å²) < 4.78 is 4.70. The van der Waals surface area contributed by atoms with E-state index in [2.05, 4.69) is 6.92 Å². The second-order valence-corrected chi connectivity index (χ2v) is 3.27.